The molecule has 2 aromatic carbocycles. The lowest BCUT2D eigenvalue weighted by molar-refractivity contribution is -0.137. The van der Waals surface area contributed by atoms with E-state index < -0.39 is 11.7 Å². The minimum atomic E-state index is -4.37. The summed E-state index contributed by atoms with van der Waals surface area (Å²) >= 11 is 0. The van der Waals surface area contributed by atoms with Gasteiger partial charge in [0.1, 0.15) is 5.82 Å². The van der Waals surface area contributed by atoms with E-state index in [1.807, 2.05) is 0 Å². The van der Waals surface area contributed by atoms with Crippen molar-refractivity contribution in [2.24, 2.45) is 0 Å². The monoisotopic (exact) mass is 412 g/mol. The van der Waals surface area contributed by atoms with Gasteiger partial charge in [0.05, 0.1) is 16.9 Å². The molecule has 1 aromatic heterocycles. The second-order valence-corrected chi connectivity index (χ2v) is 6.44. The van der Waals surface area contributed by atoms with Crippen molar-refractivity contribution in [2.75, 3.05) is 16.4 Å². The average Bonchev–Trinajstić information content (AvgIpc) is 2.73. The summed E-state index contributed by atoms with van der Waals surface area (Å²) in [5.74, 6) is 0.172. The number of alkyl halides is 3. The summed E-state index contributed by atoms with van der Waals surface area (Å²) in [4.78, 5) is 16.2. The molecule has 0 aliphatic carbocycles. The molecule has 30 heavy (non-hydrogen) atoms. The highest BCUT2D eigenvalue weighted by atomic mass is 19.4. The number of nitrogens with one attached hydrogen (secondary N) is 2. The molecular formula is C22H19F3N4O. The van der Waals surface area contributed by atoms with Crippen molar-refractivity contribution in [2.45, 2.75) is 12.7 Å². The molecule has 0 spiro atoms. The van der Waals surface area contributed by atoms with E-state index in [0.29, 0.717) is 28.3 Å². The molecule has 0 unspecified atom stereocenters. The molecule has 4 N–H and O–H groups in total. The van der Waals surface area contributed by atoms with Crippen molar-refractivity contribution in [1.29, 1.82) is 0 Å². The predicted octanol–water partition coefficient (Wildman–Crippen LogP) is 4.95. The summed E-state index contributed by atoms with van der Waals surface area (Å²) in [6, 6.07) is 15.5. The molecule has 1 heterocycles. The Hall–Kier alpha value is -3.81. The Morgan fingerprint density at radius 1 is 1.07 bits per heavy atom. The highest BCUT2D eigenvalue weighted by Gasteiger charge is 2.30. The molecule has 1 amide bonds. The molecule has 0 fully saturated rings. The van der Waals surface area contributed by atoms with Gasteiger partial charge in [-0.1, -0.05) is 24.3 Å². The van der Waals surface area contributed by atoms with Gasteiger partial charge in [0.2, 0.25) is 5.91 Å². The van der Waals surface area contributed by atoms with Crippen LogP contribution >= 0.6 is 0 Å². The Bertz CT molecular complexity index is 1050. The van der Waals surface area contributed by atoms with Gasteiger partial charge in [-0.3, -0.25) is 4.79 Å². The third-order valence-corrected chi connectivity index (χ3v) is 4.16. The molecule has 0 aliphatic heterocycles. The summed E-state index contributed by atoms with van der Waals surface area (Å²) in [5.41, 5.74) is 7.27. The van der Waals surface area contributed by atoms with Gasteiger partial charge in [-0.15, -0.1) is 0 Å². The van der Waals surface area contributed by atoms with Crippen LogP contribution in [-0.4, -0.2) is 10.9 Å². The molecule has 0 saturated heterocycles. The number of amides is 1. The van der Waals surface area contributed by atoms with Crippen LogP contribution in [0.5, 0.6) is 0 Å². The molecule has 5 nitrogen and oxygen atoms in total. The Labute approximate surface area is 171 Å². The van der Waals surface area contributed by atoms with E-state index in [4.69, 9.17) is 5.73 Å². The first kappa shape index (κ1) is 20.9. The molecule has 0 aliphatic rings. The SMILES string of the molecule is Nc1ccccc1NC(=O)C=Cc1ccc(NCc2cccc(C(F)(F)F)c2)nc1. The molecular weight excluding hydrogens is 393 g/mol. The lowest BCUT2D eigenvalue weighted by Crippen LogP contribution is -2.09. The van der Waals surface area contributed by atoms with Crippen molar-refractivity contribution < 1.29 is 18.0 Å². The van der Waals surface area contributed by atoms with Crippen molar-refractivity contribution in [3.05, 3.63) is 89.6 Å². The number of nitrogens with zero attached hydrogens (tertiary/aromatic N) is 1. The van der Waals surface area contributed by atoms with Gasteiger partial charge in [-0.05, 0) is 53.6 Å². The molecule has 3 aromatic rings. The largest absolute Gasteiger partial charge is 0.416 e. The van der Waals surface area contributed by atoms with E-state index in [1.165, 1.54) is 12.1 Å². The zero-order chi connectivity index (χ0) is 21.6. The average molecular weight is 412 g/mol. The summed E-state index contributed by atoms with van der Waals surface area (Å²) in [5, 5.41) is 5.66. The van der Waals surface area contributed by atoms with Crippen LogP contribution < -0.4 is 16.4 Å². The van der Waals surface area contributed by atoms with Gasteiger partial charge in [0.25, 0.3) is 0 Å². The number of nitrogens with two attached hydrogens (primary N) is 1. The zero-order valence-electron chi connectivity index (χ0n) is 15.8. The molecule has 8 heteroatoms. The number of hydrogen-bond donors (Lipinski definition) is 3. The first-order chi connectivity index (χ1) is 14.3. The molecule has 0 radical (unpaired) electrons. The van der Waals surface area contributed by atoms with Crippen LogP contribution in [0.25, 0.3) is 6.08 Å². The van der Waals surface area contributed by atoms with Crippen LogP contribution in [0.1, 0.15) is 16.7 Å². The Kier molecular flexibility index (Phi) is 6.36. The van der Waals surface area contributed by atoms with E-state index >= 15 is 0 Å². The first-order valence-corrected chi connectivity index (χ1v) is 9.01. The topological polar surface area (TPSA) is 80.0 Å². The van der Waals surface area contributed by atoms with Gasteiger partial charge in [-0.25, -0.2) is 4.98 Å². The lowest BCUT2D eigenvalue weighted by Gasteiger charge is -2.10. The number of aromatic nitrogens is 1. The highest BCUT2D eigenvalue weighted by molar-refractivity contribution is 6.03. The molecule has 0 atom stereocenters. The van der Waals surface area contributed by atoms with E-state index in [-0.39, 0.29) is 12.5 Å². The first-order valence-electron chi connectivity index (χ1n) is 9.01. The number of pyridine rings is 1. The zero-order valence-corrected chi connectivity index (χ0v) is 15.8. The fourth-order valence-corrected chi connectivity index (χ4v) is 2.62. The van der Waals surface area contributed by atoms with E-state index in [2.05, 4.69) is 15.6 Å². The van der Waals surface area contributed by atoms with Crippen LogP contribution in [0.2, 0.25) is 0 Å². The van der Waals surface area contributed by atoms with Gasteiger partial charge < -0.3 is 16.4 Å². The number of para-hydroxylation sites is 2. The second-order valence-electron chi connectivity index (χ2n) is 6.44. The van der Waals surface area contributed by atoms with Crippen molar-refractivity contribution in [3.63, 3.8) is 0 Å². The highest BCUT2D eigenvalue weighted by Crippen LogP contribution is 2.29. The van der Waals surface area contributed by atoms with E-state index in [9.17, 15) is 18.0 Å². The maximum absolute atomic E-state index is 12.8. The fraction of sp³-hybridized carbons (Fsp3) is 0.0909. The van der Waals surface area contributed by atoms with Gasteiger partial charge >= 0.3 is 6.18 Å². The van der Waals surface area contributed by atoms with Crippen molar-refractivity contribution in [3.8, 4) is 0 Å². The number of rotatable bonds is 6. The van der Waals surface area contributed by atoms with Crippen LogP contribution in [0, 0.1) is 0 Å². The normalized spacial score (nSPS) is 11.4. The van der Waals surface area contributed by atoms with E-state index in [1.54, 1.807) is 54.7 Å². The van der Waals surface area contributed by atoms with E-state index in [0.717, 1.165) is 12.1 Å². The summed E-state index contributed by atoms with van der Waals surface area (Å²) < 4.78 is 38.3. The fourth-order valence-electron chi connectivity index (χ4n) is 2.62. The summed E-state index contributed by atoms with van der Waals surface area (Å²) in [6.07, 6.45) is 0.132. The maximum atomic E-state index is 12.8. The standard InChI is InChI=1S/C22H19F3N4O/c23-22(24,25)17-5-3-4-16(12-17)14-28-20-10-8-15(13-27-20)9-11-21(30)29-19-7-2-1-6-18(19)26/h1-13H,14,26H2,(H,27,28)(H,29,30). The Morgan fingerprint density at radius 3 is 2.57 bits per heavy atom. The van der Waals surface area contributed by atoms with Crippen molar-refractivity contribution >= 4 is 29.2 Å². The molecule has 3 rings (SSSR count). The number of hydrogen-bond acceptors (Lipinski definition) is 4. The second kappa shape index (κ2) is 9.13. The lowest BCUT2D eigenvalue weighted by atomic mass is 10.1. The third-order valence-electron chi connectivity index (χ3n) is 4.16. The Balaban J connectivity index is 1.55. The number of nitrogen functional groups attached to an aromatic ring is 1. The number of carbonyl (C=O) groups excluding carboxylic acids is 1. The van der Waals surface area contributed by atoms with Gasteiger partial charge in [-0.2, -0.15) is 13.2 Å². The predicted molar refractivity (Wildman–Crippen MR) is 112 cm³/mol. The van der Waals surface area contributed by atoms with Crippen LogP contribution in [0.4, 0.5) is 30.4 Å². The number of anilines is 3. The van der Waals surface area contributed by atoms with Crippen molar-refractivity contribution in [1.82, 2.24) is 4.98 Å². The Morgan fingerprint density at radius 2 is 1.87 bits per heavy atom. The van der Waals surface area contributed by atoms with Crippen LogP contribution in [0.15, 0.2) is 72.9 Å². The summed E-state index contributed by atoms with van der Waals surface area (Å²) in [6.45, 7) is 0.201. The minimum Gasteiger partial charge on any atom is -0.397 e. The number of halogens is 3. The number of benzene rings is 2. The van der Waals surface area contributed by atoms with Crippen LogP contribution in [0.3, 0.4) is 0 Å². The van der Waals surface area contributed by atoms with Gasteiger partial charge in [0, 0.05) is 18.8 Å². The van der Waals surface area contributed by atoms with Crippen LogP contribution in [-0.2, 0) is 17.5 Å². The molecule has 0 saturated carbocycles. The molecule has 154 valence electrons. The smallest absolute Gasteiger partial charge is 0.397 e. The maximum Gasteiger partial charge on any atom is 0.416 e. The van der Waals surface area contributed by atoms with Gasteiger partial charge in [0.15, 0.2) is 0 Å². The number of carbonyl (C=O) groups is 1. The minimum absolute atomic E-state index is 0.201. The summed E-state index contributed by atoms with van der Waals surface area (Å²) in [7, 11) is 0. The quantitative estimate of drug-likeness (QED) is 0.396. The molecule has 0 bridgehead atoms. The third kappa shape index (κ3) is 5.84.